The van der Waals surface area contributed by atoms with Gasteiger partial charge in [-0.15, -0.1) is 0 Å². The zero-order valence-electron chi connectivity index (χ0n) is 18.3. The summed E-state index contributed by atoms with van der Waals surface area (Å²) in [7, 11) is 4.08. The number of nitrogens with one attached hydrogen (secondary N) is 1. The Kier molecular flexibility index (Phi) is 7.19. The molecule has 1 aliphatic rings. The summed E-state index contributed by atoms with van der Waals surface area (Å²) < 4.78 is 0.829. The molecule has 0 saturated heterocycles. The van der Waals surface area contributed by atoms with E-state index in [0.717, 1.165) is 29.7 Å². The maximum Gasteiger partial charge on any atom is 0.252 e. The highest BCUT2D eigenvalue weighted by atomic mass is 79.9. The molecule has 1 unspecified atom stereocenters. The molecule has 0 bridgehead atoms. The Bertz CT molecular complexity index is 1100. The summed E-state index contributed by atoms with van der Waals surface area (Å²) in [4.78, 5) is 17.5. The van der Waals surface area contributed by atoms with E-state index < -0.39 is 0 Å². The van der Waals surface area contributed by atoms with Crippen LogP contribution in [0.25, 0.3) is 0 Å². The predicted octanol–water partition coefficient (Wildman–Crippen LogP) is 5.70. The maximum atomic E-state index is 12.9. The third kappa shape index (κ3) is 5.17. The van der Waals surface area contributed by atoms with Crippen molar-refractivity contribution in [2.75, 3.05) is 32.1 Å². The highest BCUT2D eigenvalue weighted by Gasteiger charge is 2.26. The Morgan fingerprint density at radius 3 is 2.53 bits per heavy atom. The van der Waals surface area contributed by atoms with Gasteiger partial charge in [-0.25, -0.2) is 0 Å². The van der Waals surface area contributed by atoms with Crippen molar-refractivity contribution in [2.45, 2.75) is 19.0 Å². The largest absolute Gasteiger partial charge is 0.378 e. The van der Waals surface area contributed by atoms with Crippen molar-refractivity contribution in [3.8, 4) is 0 Å². The van der Waals surface area contributed by atoms with E-state index in [4.69, 9.17) is 11.6 Å². The number of anilines is 1. The molecule has 3 aromatic rings. The molecule has 0 radical (unpaired) electrons. The fraction of sp³-hybridized carbons (Fsp3) is 0.269. The first kappa shape index (κ1) is 22.8. The van der Waals surface area contributed by atoms with E-state index in [1.807, 2.05) is 20.2 Å². The summed E-state index contributed by atoms with van der Waals surface area (Å²) in [5.74, 6) is -0.163. The summed E-state index contributed by atoms with van der Waals surface area (Å²) in [6, 6.07) is 22.6. The van der Waals surface area contributed by atoms with Crippen molar-refractivity contribution >= 4 is 39.1 Å². The van der Waals surface area contributed by atoms with E-state index in [9.17, 15) is 4.79 Å². The molecule has 0 aliphatic carbocycles. The minimum atomic E-state index is -0.163. The topological polar surface area (TPSA) is 35.6 Å². The zero-order valence-corrected chi connectivity index (χ0v) is 20.7. The van der Waals surface area contributed by atoms with Gasteiger partial charge in [-0.3, -0.25) is 9.69 Å². The lowest BCUT2D eigenvalue weighted by Crippen LogP contribution is -2.40. The molecule has 4 rings (SSSR count). The van der Waals surface area contributed by atoms with Gasteiger partial charge in [0.05, 0.1) is 16.6 Å². The van der Waals surface area contributed by atoms with Gasteiger partial charge in [0.25, 0.3) is 5.91 Å². The van der Waals surface area contributed by atoms with Crippen LogP contribution in [0.1, 0.15) is 33.1 Å². The van der Waals surface area contributed by atoms with Crippen LogP contribution in [0.3, 0.4) is 0 Å². The van der Waals surface area contributed by atoms with Crippen LogP contribution in [0.5, 0.6) is 0 Å². The van der Waals surface area contributed by atoms with Crippen LogP contribution in [-0.2, 0) is 13.0 Å². The average Bonchev–Trinajstić information content (AvgIpc) is 2.81. The molecule has 6 heteroatoms. The fourth-order valence-electron chi connectivity index (χ4n) is 4.19. The number of carbonyl (C=O) groups excluding carboxylic acids is 1. The first-order valence-corrected chi connectivity index (χ1v) is 11.9. The molecular weight excluding hydrogens is 486 g/mol. The molecule has 0 saturated carbocycles. The van der Waals surface area contributed by atoms with Gasteiger partial charge in [-0.05, 0) is 53.4 Å². The molecule has 3 aromatic carbocycles. The van der Waals surface area contributed by atoms with E-state index in [1.54, 1.807) is 12.1 Å². The molecule has 4 nitrogen and oxygen atoms in total. The number of nitrogens with zero attached hydrogens (tertiary/aromatic N) is 2. The van der Waals surface area contributed by atoms with Gasteiger partial charge in [0.15, 0.2) is 0 Å². The SMILES string of the molecule is CN(C)c1ccc(C(CNC(=O)c2cc(Br)ccc2Cl)N2CCc3ccccc3C2)cc1. The molecule has 32 heavy (non-hydrogen) atoms. The van der Waals surface area contributed by atoms with E-state index in [2.05, 4.69) is 79.6 Å². The highest BCUT2D eigenvalue weighted by Crippen LogP contribution is 2.29. The molecule has 0 spiro atoms. The Labute approximate surface area is 203 Å². The molecule has 0 fully saturated rings. The third-order valence-corrected chi connectivity index (χ3v) is 6.85. The lowest BCUT2D eigenvalue weighted by Gasteiger charge is -2.36. The standard InChI is InChI=1S/C26H27BrClN3O/c1-30(2)22-10-7-19(8-11-22)25(31-14-13-18-5-3-4-6-20(18)17-31)16-29-26(32)23-15-21(27)9-12-24(23)28/h3-12,15,25H,13-14,16-17H2,1-2H3,(H,29,32). The first-order chi connectivity index (χ1) is 15.4. The van der Waals surface area contributed by atoms with E-state index in [-0.39, 0.29) is 11.9 Å². The number of rotatable bonds is 6. The van der Waals surface area contributed by atoms with Crippen LogP contribution in [0, 0.1) is 0 Å². The van der Waals surface area contributed by atoms with Gasteiger partial charge >= 0.3 is 0 Å². The summed E-state index contributed by atoms with van der Waals surface area (Å²) in [6.45, 7) is 2.32. The number of amides is 1. The van der Waals surface area contributed by atoms with Crippen LogP contribution in [0.2, 0.25) is 5.02 Å². The van der Waals surface area contributed by atoms with Gasteiger partial charge in [-0.2, -0.15) is 0 Å². The Balaban J connectivity index is 1.57. The van der Waals surface area contributed by atoms with Crippen molar-refractivity contribution < 1.29 is 4.79 Å². The number of halogens is 2. The van der Waals surface area contributed by atoms with Gasteiger partial charge in [-0.1, -0.05) is 63.9 Å². The van der Waals surface area contributed by atoms with Crippen molar-refractivity contribution in [1.29, 1.82) is 0 Å². The summed E-state index contributed by atoms with van der Waals surface area (Å²) >= 11 is 9.71. The Hall–Kier alpha value is -2.34. The summed E-state index contributed by atoms with van der Waals surface area (Å²) in [6.07, 6.45) is 1.01. The molecular formula is C26H27BrClN3O. The van der Waals surface area contributed by atoms with Crippen LogP contribution in [0.4, 0.5) is 5.69 Å². The summed E-state index contributed by atoms with van der Waals surface area (Å²) in [5.41, 5.74) is 5.59. The molecule has 1 atom stereocenters. The van der Waals surface area contributed by atoms with E-state index in [0.29, 0.717) is 17.1 Å². The second-order valence-electron chi connectivity index (χ2n) is 8.33. The molecule has 1 N–H and O–H groups in total. The van der Waals surface area contributed by atoms with E-state index in [1.165, 1.54) is 16.7 Å². The predicted molar refractivity (Wildman–Crippen MR) is 136 cm³/mol. The van der Waals surface area contributed by atoms with Crippen molar-refractivity contribution in [2.24, 2.45) is 0 Å². The number of benzene rings is 3. The molecule has 166 valence electrons. The van der Waals surface area contributed by atoms with Crippen molar-refractivity contribution in [3.63, 3.8) is 0 Å². The summed E-state index contributed by atoms with van der Waals surface area (Å²) in [5, 5.41) is 3.58. The van der Waals surface area contributed by atoms with Crippen molar-refractivity contribution in [3.05, 3.63) is 98.5 Å². The fourth-order valence-corrected chi connectivity index (χ4v) is 4.76. The average molecular weight is 513 g/mol. The van der Waals surface area contributed by atoms with Crippen molar-refractivity contribution in [1.82, 2.24) is 10.2 Å². The number of hydrogen-bond donors (Lipinski definition) is 1. The van der Waals surface area contributed by atoms with Crippen LogP contribution < -0.4 is 10.2 Å². The lowest BCUT2D eigenvalue weighted by molar-refractivity contribution is 0.0928. The second-order valence-corrected chi connectivity index (χ2v) is 9.65. The maximum absolute atomic E-state index is 12.9. The Morgan fingerprint density at radius 1 is 1.09 bits per heavy atom. The quantitative estimate of drug-likeness (QED) is 0.460. The van der Waals surface area contributed by atoms with Crippen LogP contribution in [-0.4, -0.2) is 38.0 Å². The molecule has 1 amide bonds. The monoisotopic (exact) mass is 511 g/mol. The van der Waals surface area contributed by atoms with Gasteiger partial charge < -0.3 is 10.2 Å². The number of carbonyl (C=O) groups is 1. The minimum absolute atomic E-state index is 0.0643. The third-order valence-electron chi connectivity index (χ3n) is 6.02. The smallest absolute Gasteiger partial charge is 0.252 e. The number of fused-ring (bicyclic) bond motifs is 1. The van der Waals surface area contributed by atoms with Gasteiger partial charge in [0.1, 0.15) is 0 Å². The molecule has 1 aliphatic heterocycles. The first-order valence-electron chi connectivity index (χ1n) is 10.7. The normalized spacial score (nSPS) is 14.5. The molecule has 1 heterocycles. The van der Waals surface area contributed by atoms with Gasteiger partial charge in [0, 0.05) is 43.9 Å². The lowest BCUT2D eigenvalue weighted by atomic mass is 9.96. The van der Waals surface area contributed by atoms with E-state index >= 15 is 0 Å². The highest BCUT2D eigenvalue weighted by molar-refractivity contribution is 9.10. The van der Waals surface area contributed by atoms with Crippen LogP contribution in [0.15, 0.2) is 71.2 Å². The number of hydrogen-bond acceptors (Lipinski definition) is 3. The second kappa shape index (κ2) is 10.1. The minimum Gasteiger partial charge on any atom is -0.378 e. The Morgan fingerprint density at radius 2 is 1.81 bits per heavy atom. The van der Waals surface area contributed by atoms with Gasteiger partial charge in [0.2, 0.25) is 0 Å². The van der Waals surface area contributed by atoms with Crippen LogP contribution >= 0.6 is 27.5 Å². The molecule has 0 aromatic heterocycles. The zero-order chi connectivity index (χ0) is 22.7.